The standard InChI is InChI=1S/C11H14N4O2/c1-7-4-13-8(5-12-7)6-14-9-2-3-10(16)15-11(9)17/h4-5,9,14H,2-3,6H2,1H3,(H,15,16,17). The van der Waals surface area contributed by atoms with Gasteiger partial charge >= 0.3 is 0 Å². The topological polar surface area (TPSA) is 84.0 Å². The largest absolute Gasteiger partial charge is 0.300 e. The molecule has 0 bridgehead atoms. The fraction of sp³-hybridized carbons (Fsp3) is 0.455. The molecule has 0 saturated carbocycles. The molecule has 0 aliphatic carbocycles. The van der Waals surface area contributed by atoms with E-state index in [9.17, 15) is 9.59 Å². The fourth-order valence-corrected chi connectivity index (χ4v) is 1.63. The van der Waals surface area contributed by atoms with E-state index in [4.69, 9.17) is 0 Å². The lowest BCUT2D eigenvalue weighted by atomic mass is 10.1. The van der Waals surface area contributed by atoms with Gasteiger partial charge in [0, 0.05) is 25.4 Å². The Labute approximate surface area is 98.8 Å². The minimum Gasteiger partial charge on any atom is -0.300 e. The summed E-state index contributed by atoms with van der Waals surface area (Å²) in [5.74, 6) is -0.468. The Balaban J connectivity index is 1.88. The Morgan fingerprint density at radius 2 is 2.24 bits per heavy atom. The van der Waals surface area contributed by atoms with E-state index < -0.39 is 0 Å². The van der Waals surface area contributed by atoms with E-state index >= 15 is 0 Å². The Kier molecular flexibility index (Phi) is 3.43. The van der Waals surface area contributed by atoms with Crippen LogP contribution in [0.2, 0.25) is 0 Å². The van der Waals surface area contributed by atoms with Gasteiger partial charge in [-0.25, -0.2) is 0 Å². The van der Waals surface area contributed by atoms with Crippen molar-refractivity contribution in [2.24, 2.45) is 0 Å². The first-order chi connectivity index (χ1) is 8.15. The number of aryl methyl sites for hydroxylation is 1. The predicted octanol–water partition coefficient (Wildman–Crippen LogP) is -0.320. The molecule has 1 unspecified atom stereocenters. The Morgan fingerprint density at radius 3 is 2.88 bits per heavy atom. The second-order valence-electron chi connectivity index (χ2n) is 4.03. The van der Waals surface area contributed by atoms with Crippen molar-refractivity contribution >= 4 is 11.8 Å². The normalized spacial score (nSPS) is 20.2. The molecule has 6 heteroatoms. The van der Waals surface area contributed by atoms with E-state index in [0.29, 0.717) is 19.4 Å². The van der Waals surface area contributed by atoms with Crippen LogP contribution in [0.15, 0.2) is 12.4 Å². The molecule has 2 heterocycles. The molecule has 17 heavy (non-hydrogen) atoms. The molecule has 1 saturated heterocycles. The summed E-state index contributed by atoms with van der Waals surface area (Å²) in [6.07, 6.45) is 4.27. The maximum atomic E-state index is 11.4. The lowest BCUT2D eigenvalue weighted by molar-refractivity contribution is -0.134. The number of hydrogen-bond donors (Lipinski definition) is 2. The molecule has 0 spiro atoms. The second-order valence-corrected chi connectivity index (χ2v) is 4.03. The maximum Gasteiger partial charge on any atom is 0.243 e. The summed E-state index contributed by atoms with van der Waals surface area (Å²) in [5.41, 5.74) is 1.63. The molecule has 1 fully saturated rings. The molecule has 1 atom stereocenters. The van der Waals surface area contributed by atoms with Gasteiger partial charge in [-0.1, -0.05) is 0 Å². The monoisotopic (exact) mass is 234 g/mol. The van der Waals surface area contributed by atoms with Gasteiger partial charge in [0.1, 0.15) is 0 Å². The van der Waals surface area contributed by atoms with Crippen molar-refractivity contribution in [2.75, 3.05) is 0 Å². The van der Waals surface area contributed by atoms with Crippen LogP contribution in [0.5, 0.6) is 0 Å². The SMILES string of the molecule is Cc1cnc(CNC2CCC(=O)NC2=O)cn1. The minimum absolute atomic E-state index is 0.205. The molecule has 6 nitrogen and oxygen atoms in total. The number of aromatic nitrogens is 2. The third kappa shape index (κ3) is 3.07. The second kappa shape index (κ2) is 5.01. The zero-order valence-electron chi connectivity index (χ0n) is 9.56. The van der Waals surface area contributed by atoms with Crippen LogP contribution in [0, 0.1) is 6.92 Å². The summed E-state index contributed by atoms with van der Waals surface area (Å²) >= 11 is 0. The minimum atomic E-state index is -0.323. The van der Waals surface area contributed by atoms with Gasteiger partial charge < -0.3 is 5.32 Å². The van der Waals surface area contributed by atoms with Crippen LogP contribution in [0.3, 0.4) is 0 Å². The summed E-state index contributed by atoms with van der Waals surface area (Å²) in [6.45, 7) is 2.34. The summed E-state index contributed by atoms with van der Waals surface area (Å²) < 4.78 is 0. The van der Waals surface area contributed by atoms with Crippen molar-refractivity contribution in [2.45, 2.75) is 32.4 Å². The zero-order valence-corrected chi connectivity index (χ0v) is 9.56. The number of rotatable bonds is 3. The number of carbonyl (C=O) groups excluding carboxylic acids is 2. The molecule has 90 valence electrons. The van der Waals surface area contributed by atoms with Crippen molar-refractivity contribution in [1.82, 2.24) is 20.6 Å². The van der Waals surface area contributed by atoms with Crippen LogP contribution < -0.4 is 10.6 Å². The highest BCUT2D eigenvalue weighted by molar-refractivity contribution is 6.00. The zero-order chi connectivity index (χ0) is 12.3. The molecule has 1 aliphatic rings. The molecule has 0 radical (unpaired) electrons. The van der Waals surface area contributed by atoms with E-state index in [2.05, 4.69) is 20.6 Å². The van der Waals surface area contributed by atoms with Gasteiger partial charge in [-0.05, 0) is 13.3 Å². The Hall–Kier alpha value is -1.82. The molecule has 2 amide bonds. The van der Waals surface area contributed by atoms with Crippen LogP contribution >= 0.6 is 0 Å². The molecule has 1 aromatic rings. The predicted molar refractivity (Wildman–Crippen MR) is 59.8 cm³/mol. The maximum absolute atomic E-state index is 11.4. The van der Waals surface area contributed by atoms with E-state index in [1.165, 1.54) is 0 Å². The van der Waals surface area contributed by atoms with Crippen molar-refractivity contribution in [3.63, 3.8) is 0 Å². The summed E-state index contributed by atoms with van der Waals surface area (Å²) in [7, 11) is 0. The third-order valence-electron chi connectivity index (χ3n) is 2.60. The van der Waals surface area contributed by atoms with Crippen molar-refractivity contribution in [3.05, 3.63) is 23.8 Å². The van der Waals surface area contributed by atoms with Crippen LogP contribution in [0.4, 0.5) is 0 Å². The molecule has 1 aromatic heterocycles. The van der Waals surface area contributed by atoms with E-state index in [1.807, 2.05) is 6.92 Å². The number of nitrogens with one attached hydrogen (secondary N) is 2. The molecular weight excluding hydrogens is 220 g/mol. The lowest BCUT2D eigenvalue weighted by Gasteiger charge is -2.21. The number of nitrogens with zero attached hydrogens (tertiary/aromatic N) is 2. The number of carbonyl (C=O) groups is 2. The van der Waals surface area contributed by atoms with E-state index in [0.717, 1.165) is 11.4 Å². The van der Waals surface area contributed by atoms with Crippen LogP contribution in [-0.4, -0.2) is 27.8 Å². The van der Waals surface area contributed by atoms with Crippen LogP contribution in [0.25, 0.3) is 0 Å². The number of amides is 2. The highest BCUT2D eigenvalue weighted by Crippen LogP contribution is 2.05. The van der Waals surface area contributed by atoms with Gasteiger partial charge in [-0.2, -0.15) is 0 Å². The van der Waals surface area contributed by atoms with Gasteiger partial charge in [0.2, 0.25) is 11.8 Å². The van der Waals surface area contributed by atoms with Crippen molar-refractivity contribution in [3.8, 4) is 0 Å². The first-order valence-corrected chi connectivity index (χ1v) is 5.50. The first kappa shape index (κ1) is 11.7. The summed E-state index contributed by atoms with van der Waals surface area (Å²) in [4.78, 5) is 30.7. The van der Waals surface area contributed by atoms with Crippen molar-refractivity contribution < 1.29 is 9.59 Å². The average molecular weight is 234 g/mol. The van der Waals surface area contributed by atoms with Gasteiger partial charge in [0.25, 0.3) is 0 Å². The van der Waals surface area contributed by atoms with E-state index in [1.54, 1.807) is 12.4 Å². The molecule has 2 rings (SSSR count). The molecule has 2 N–H and O–H groups in total. The van der Waals surface area contributed by atoms with Crippen LogP contribution in [0.1, 0.15) is 24.2 Å². The molecular formula is C11H14N4O2. The van der Waals surface area contributed by atoms with Gasteiger partial charge in [-0.15, -0.1) is 0 Å². The number of piperidine rings is 1. The average Bonchev–Trinajstić information content (AvgIpc) is 2.30. The Bertz CT molecular complexity index is 430. The summed E-state index contributed by atoms with van der Waals surface area (Å²) in [6, 6.07) is -0.323. The van der Waals surface area contributed by atoms with Gasteiger partial charge in [0.05, 0.1) is 17.4 Å². The fourth-order valence-electron chi connectivity index (χ4n) is 1.63. The van der Waals surface area contributed by atoms with Gasteiger partial charge in [0.15, 0.2) is 0 Å². The Morgan fingerprint density at radius 1 is 1.41 bits per heavy atom. The quantitative estimate of drug-likeness (QED) is 0.700. The third-order valence-corrected chi connectivity index (χ3v) is 2.60. The summed E-state index contributed by atoms with van der Waals surface area (Å²) in [5, 5.41) is 5.36. The van der Waals surface area contributed by atoms with Crippen molar-refractivity contribution in [1.29, 1.82) is 0 Å². The molecule has 0 aromatic carbocycles. The highest BCUT2D eigenvalue weighted by Gasteiger charge is 2.25. The van der Waals surface area contributed by atoms with E-state index in [-0.39, 0.29) is 17.9 Å². The lowest BCUT2D eigenvalue weighted by Crippen LogP contribution is -2.50. The number of imide groups is 1. The van der Waals surface area contributed by atoms with Gasteiger partial charge in [-0.3, -0.25) is 24.9 Å². The molecule has 1 aliphatic heterocycles. The highest BCUT2D eigenvalue weighted by atomic mass is 16.2. The van der Waals surface area contributed by atoms with Crippen LogP contribution in [-0.2, 0) is 16.1 Å². The first-order valence-electron chi connectivity index (χ1n) is 5.50. The number of hydrogen-bond acceptors (Lipinski definition) is 5. The smallest absolute Gasteiger partial charge is 0.243 e.